The van der Waals surface area contributed by atoms with E-state index in [4.69, 9.17) is 0 Å². The quantitative estimate of drug-likeness (QED) is 0.795. The van der Waals surface area contributed by atoms with Gasteiger partial charge in [0.25, 0.3) is 0 Å². The first-order valence-corrected chi connectivity index (χ1v) is 6.44. The topological polar surface area (TPSA) is 63.1 Å². The minimum absolute atomic E-state index is 0.274. The van der Waals surface area contributed by atoms with Crippen LogP contribution in [-0.4, -0.2) is 21.0 Å². The van der Waals surface area contributed by atoms with Crippen LogP contribution in [0.25, 0.3) is 22.3 Å². The smallest absolute Gasteiger partial charge is 0.336 e. The maximum absolute atomic E-state index is 11.6. The lowest BCUT2D eigenvalue weighted by atomic mass is 9.91. The van der Waals surface area contributed by atoms with Crippen LogP contribution in [-0.2, 0) is 0 Å². The van der Waals surface area contributed by atoms with Gasteiger partial charge in [-0.1, -0.05) is 12.1 Å². The molecule has 1 aromatic carbocycles. The van der Waals surface area contributed by atoms with E-state index in [-0.39, 0.29) is 5.56 Å². The average Bonchev–Trinajstić information content (AvgIpc) is 2.55. The largest absolute Gasteiger partial charge is 0.478 e. The lowest BCUT2D eigenvalue weighted by molar-refractivity contribution is 0.0698. The molecule has 0 bridgehead atoms. The predicted octanol–water partition coefficient (Wildman–Crippen LogP) is 3.51. The number of pyridine rings is 2. The van der Waals surface area contributed by atoms with Crippen molar-refractivity contribution >= 4 is 5.97 Å². The van der Waals surface area contributed by atoms with Gasteiger partial charge in [-0.15, -0.1) is 0 Å². The Morgan fingerprint density at radius 2 is 1.38 bits per heavy atom. The van der Waals surface area contributed by atoms with Crippen molar-refractivity contribution < 1.29 is 9.90 Å². The minimum Gasteiger partial charge on any atom is -0.478 e. The molecule has 4 heteroatoms. The van der Waals surface area contributed by atoms with E-state index >= 15 is 0 Å². The fraction of sp³-hybridized carbons (Fsp3) is 0. The Balaban J connectivity index is 2.31. The maximum atomic E-state index is 11.6. The van der Waals surface area contributed by atoms with Crippen LogP contribution in [0.15, 0.2) is 67.3 Å². The summed E-state index contributed by atoms with van der Waals surface area (Å²) in [6.07, 6.45) is 6.70. The van der Waals surface area contributed by atoms with Crippen LogP contribution in [0, 0.1) is 0 Å². The number of hydrogen-bond acceptors (Lipinski definition) is 3. The molecule has 0 unspecified atom stereocenters. The Hall–Kier alpha value is -3.01. The number of carboxylic acids is 1. The lowest BCUT2D eigenvalue weighted by Gasteiger charge is -2.13. The number of benzene rings is 1. The third-order valence-electron chi connectivity index (χ3n) is 3.26. The molecule has 2 aromatic heterocycles. The number of carboxylic acid groups (broad SMARTS) is 1. The van der Waals surface area contributed by atoms with Crippen LogP contribution < -0.4 is 0 Å². The molecule has 0 saturated heterocycles. The van der Waals surface area contributed by atoms with Gasteiger partial charge >= 0.3 is 5.97 Å². The van der Waals surface area contributed by atoms with Crippen LogP contribution in [0.1, 0.15) is 10.4 Å². The Labute approximate surface area is 121 Å². The van der Waals surface area contributed by atoms with Crippen LogP contribution in [0.4, 0.5) is 0 Å². The molecule has 2 heterocycles. The zero-order valence-electron chi connectivity index (χ0n) is 11.1. The molecule has 21 heavy (non-hydrogen) atoms. The zero-order valence-corrected chi connectivity index (χ0v) is 11.1. The summed E-state index contributed by atoms with van der Waals surface area (Å²) in [5.41, 5.74) is 3.59. The highest BCUT2D eigenvalue weighted by atomic mass is 16.4. The van der Waals surface area contributed by atoms with Crippen LogP contribution in [0.2, 0.25) is 0 Å². The molecule has 102 valence electrons. The summed E-state index contributed by atoms with van der Waals surface area (Å²) in [4.78, 5) is 19.5. The van der Waals surface area contributed by atoms with Gasteiger partial charge < -0.3 is 5.11 Å². The van der Waals surface area contributed by atoms with Crippen LogP contribution in [0.5, 0.6) is 0 Å². The molecule has 0 aliphatic carbocycles. The molecule has 3 aromatic rings. The number of carbonyl (C=O) groups is 1. The minimum atomic E-state index is -0.947. The standard InChI is InChI=1S/C17H12N2O2/c20-17(21)15-3-1-2-14(12-4-8-18-9-5-12)16(15)13-6-10-19-11-7-13/h1-11H,(H,20,21). The van der Waals surface area contributed by atoms with E-state index in [0.29, 0.717) is 5.56 Å². The molecule has 0 amide bonds. The first-order valence-electron chi connectivity index (χ1n) is 6.44. The van der Waals surface area contributed by atoms with Crippen molar-refractivity contribution in [2.24, 2.45) is 0 Å². The fourth-order valence-electron chi connectivity index (χ4n) is 2.33. The monoisotopic (exact) mass is 276 g/mol. The summed E-state index contributed by atoms with van der Waals surface area (Å²) in [6, 6.07) is 12.6. The van der Waals surface area contributed by atoms with E-state index in [9.17, 15) is 9.90 Å². The number of hydrogen-bond donors (Lipinski definition) is 1. The number of rotatable bonds is 3. The first-order chi connectivity index (χ1) is 10.3. The SMILES string of the molecule is O=C(O)c1cccc(-c2ccncc2)c1-c1ccncc1. The van der Waals surface area contributed by atoms with E-state index in [2.05, 4.69) is 9.97 Å². The normalized spacial score (nSPS) is 10.3. The third-order valence-corrected chi connectivity index (χ3v) is 3.26. The van der Waals surface area contributed by atoms with Gasteiger partial charge in [0.1, 0.15) is 0 Å². The summed E-state index contributed by atoms with van der Waals surface area (Å²) in [7, 11) is 0. The Morgan fingerprint density at radius 3 is 1.95 bits per heavy atom. The van der Waals surface area contributed by atoms with Crippen molar-refractivity contribution in [2.75, 3.05) is 0 Å². The molecule has 0 fully saturated rings. The highest BCUT2D eigenvalue weighted by molar-refractivity contribution is 6.01. The number of aromatic nitrogens is 2. The molecule has 0 saturated carbocycles. The van der Waals surface area contributed by atoms with Crippen molar-refractivity contribution in [3.63, 3.8) is 0 Å². The average molecular weight is 276 g/mol. The molecule has 0 aliphatic heterocycles. The highest BCUT2D eigenvalue weighted by Crippen LogP contribution is 2.34. The Bertz CT molecular complexity index is 771. The summed E-state index contributed by atoms with van der Waals surface area (Å²) in [5, 5.41) is 9.47. The summed E-state index contributed by atoms with van der Waals surface area (Å²) >= 11 is 0. The molecule has 3 rings (SSSR count). The first kappa shape index (κ1) is 13.0. The van der Waals surface area contributed by atoms with Gasteiger partial charge in [0.2, 0.25) is 0 Å². The van der Waals surface area contributed by atoms with Crippen LogP contribution >= 0.6 is 0 Å². The molecule has 0 atom stereocenters. The van der Waals surface area contributed by atoms with Crippen molar-refractivity contribution in [1.29, 1.82) is 0 Å². The predicted molar refractivity (Wildman–Crippen MR) is 79.9 cm³/mol. The molecule has 0 aliphatic rings. The van der Waals surface area contributed by atoms with Crippen LogP contribution in [0.3, 0.4) is 0 Å². The summed E-state index contributed by atoms with van der Waals surface area (Å²) < 4.78 is 0. The Morgan fingerprint density at radius 1 is 0.810 bits per heavy atom. The van der Waals surface area contributed by atoms with Gasteiger partial charge in [-0.05, 0) is 47.0 Å². The molecule has 4 nitrogen and oxygen atoms in total. The van der Waals surface area contributed by atoms with Gasteiger partial charge in [0, 0.05) is 30.4 Å². The van der Waals surface area contributed by atoms with Gasteiger partial charge in [-0.25, -0.2) is 4.79 Å². The zero-order chi connectivity index (χ0) is 14.7. The van der Waals surface area contributed by atoms with Crippen molar-refractivity contribution in [2.45, 2.75) is 0 Å². The molecule has 0 radical (unpaired) electrons. The van der Waals surface area contributed by atoms with E-state index in [1.165, 1.54) is 0 Å². The summed E-state index contributed by atoms with van der Waals surface area (Å²) in [6.45, 7) is 0. The van der Waals surface area contributed by atoms with Crippen molar-refractivity contribution in [1.82, 2.24) is 9.97 Å². The fourth-order valence-corrected chi connectivity index (χ4v) is 2.33. The number of aromatic carboxylic acids is 1. The van der Waals surface area contributed by atoms with Crippen molar-refractivity contribution in [3.8, 4) is 22.3 Å². The van der Waals surface area contributed by atoms with Gasteiger partial charge in [-0.2, -0.15) is 0 Å². The second kappa shape index (κ2) is 5.54. The van der Waals surface area contributed by atoms with Gasteiger partial charge in [0.05, 0.1) is 5.56 Å². The maximum Gasteiger partial charge on any atom is 0.336 e. The highest BCUT2D eigenvalue weighted by Gasteiger charge is 2.16. The molecular weight excluding hydrogens is 264 g/mol. The summed E-state index contributed by atoms with van der Waals surface area (Å²) in [5.74, 6) is -0.947. The second-order valence-electron chi connectivity index (χ2n) is 4.51. The lowest BCUT2D eigenvalue weighted by Crippen LogP contribution is -2.01. The van der Waals surface area contributed by atoms with E-state index in [1.54, 1.807) is 36.9 Å². The second-order valence-corrected chi connectivity index (χ2v) is 4.51. The molecular formula is C17H12N2O2. The molecule has 1 N–H and O–H groups in total. The molecule has 0 spiro atoms. The van der Waals surface area contributed by atoms with E-state index < -0.39 is 5.97 Å². The Kier molecular flexibility index (Phi) is 3.43. The van der Waals surface area contributed by atoms with Gasteiger partial charge in [-0.3, -0.25) is 9.97 Å². The van der Waals surface area contributed by atoms with E-state index in [0.717, 1.165) is 16.7 Å². The number of nitrogens with zero attached hydrogens (tertiary/aromatic N) is 2. The van der Waals surface area contributed by atoms with Crippen molar-refractivity contribution in [3.05, 3.63) is 72.8 Å². The van der Waals surface area contributed by atoms with E-state index in [1.807, 2.05) is 30.3 Å². The van der Waals surface area contributed by atoms with Gasteiger partial charge in [0.15, 0.2) is 0 Å². The third kappa shape index (κ3) is 2.51.